The molecule has 5 nitrogen and oxygen atoms in total. The summed E-state index contributed by atoms with van der Waals surface area (Å²) >= 11 is 0. The number of sulfonamides is 1. The van der Waals surface area contributed by atoms with Crippen molar-refractivity contribution in [3.05, 3.63) is 65.9 Å². The summed E-state index contributed by atoms with van der Waals surface area (Å²) in [4.78, 5) is 5.85. The number of hydrogen-bond donors (Lipinski definition) is 2. The lowest BCUT2D eigenvalue weighted by Gasteiger charge is -2.25. The number of benzene rings is 2. The number of fused-ring (bicyclic) bond motifs is 1. The van der Waals surface area contributed by atoms with E-state index in [-0.39, 0.29) is 5.25 Å². The lowest BCUT2D eigenvalue weighted by Crippen LogP contribution is -2.33. The maximum atomic E-state index is 12.4. The average molecular weight is 410 g/mol. The van der Waals surface area contributed by atoms with E-state index in [4.69, 9.17) is 0 Å². The second-order valence-corrected chi connectivity index (χ2v) is 10.4. The third-order valence-corrected chi connectivity index (χ3v) is 8.32. The number of para-hydroxylation sites is 1. The number of nitrogens with zero attached hydrogens (tertiary/aromatic N) is 1. The Labute approximate surface area is 172 Å². The molecule has 3 aromatic rings. The van der Waals surface area contributed by atoms with Gasteiger partial charge in [0.25, 0.3) is 0 Å². The largest absolute Gasteiger partial charge is 0.361 e. The highest BCUT2D eigenvalue weighted by molar-refractivity contribution is 7.93. The number of anilines is 1. The van der Waals surface area contributed by atoms with Gasteiger partial charge in [0.15, 0.2) is 0 Å². The molecule has 2 fully saturated rings. The van der Waals surface area contributed by atoms with Crippen LogP contribution in [0.4, 0.5) is 5.69 Å². The molecule has 1 aliphatic carbocycles. The fourth-order valence-electron chi connectivity index (χ4n) is 4.54. The van der Waals surface area contributed by atoms with E-state index in [0.29, 0.717) is 11.6 Å². The molecule has 152 valence electrons. The molecular formula is C23H27N3O2S. The van der Waals surface area contributed by atoms with Gasteiger partial charge in [-0.25, -0.2) is 8.42 Å². The van der Waals surface area contributed by atoms with Gasteiger partial charge in [-0.3, -0.25) is 9.62 Å². The summed E-state index contributed by atoms with van der Waals surface area (Å²) in [5, 5.41) is 1.08. The smallest absolute Gasteiger partial charge is 0.235 e. The fraction of sp³-hybridized carbons (Fsp3) is 0.391. The van der Waals surface area contributed by atoms with Crippen molar-refractivity contribution in [2.24, 2.45) is 0 Å². The van der Waals surface area contributed by atoms with Crippen molar-refractivity contribution in [1.82, 2.24) is 9.88 Å². The van der Waals surface area contributed by atoms with Crippen molar-refractivity contribution in [2.75, 3.05) is 17.8 Å². The van der Waals surface area contributed by atoms with Crippen LogP contribution in [0.3, 0.4) is 0 Å². The number of nitrogens with one attached hydrogen (secondary N) is 2. The predicted molar refractivity (Wildman–Crippen MR) is 118 cm³/mol. The van der Waals surface area contributed by atoms with E-state index in [1.807, 2.05) is 18.2 Å². The zero-order valence-electron chi connectivity index (χ0n) is 16.5. The first-order valence-electron chi connectivity index (χ1n) is 10.5. The summed E-state index contributed by atoms with van der Waals surface area (Å²) in [6, 6.07) is 16.4. The van der Waals surface area contributed by atoms with Gasteiger partial charge < -0.3 is 4.98 Å². The second-order valence-electron chi connectivity index (χ2n) is 8.41. The molecule has 1 aliphatic heterocycles. The molecule has 1 saturated carbocycles. The van der Waals surface area contributed by atoms with Crippen LogP contribution >= 0.6 is 0 Å². The van der Waals surface area contributed by atoms with Crippen molar-refractivity contribution in [1.29, 1.82) is 0 Å². The number of H-pyrrole nitrogens is 1. The third kappa shape index (κ3) is 3.79. The molecule has 0 amide bonds. The summed E-state index contributed by atoms with van der Waals surface area (Å²) < 4.78 is 27.7. The minimum Gasteiger partial charge on any atom is -0.361 e. The van der Waals surface area contributed by atoms with Gasteiger partial charge in [0.1, 0.15) is 0 Å². The molecule has 2 N–H and O–H groups in total. The molecule has 29 heavy (non-hydrogen) atoms. The molecule has 1 atom stereocenters. The molecule has 1 unspecified atom stereocenters. The number of hydrogen-bond acceptors (Lipinski definition) is 3. The molecule has 0 spiro atoms. The lowest BCUT2D eigenvalue weighted by molar-refractivity contribution is 0.328. The molecule has 2 heterocycles. The molecular weight excluding hydrogens is 382 g/mol. The molecule has 2 aromatic carbocycles. The Hall–Kier alpha value is -2.31. The number of likely N-dealkylation sites (tertiary alicyclic amines) is 1. The number of rotatable bonds is 6. The molecule has 6 heteroatoms. The highest BCUT2D eigenvalue weighted by Crippen LogP contribution is 2.32. The molecule has 1 saturated heterocycles. The lowest BCUT2D eigenvalue weighted by atomic mass is 9.98. The van der Waals surface area contributed by atoms with E-state index in [9.17, 15) is 8.42 Å². The van der Waals surface area contributed by atoms with Gasteiger partial charge in [-0.05, 0) is 61.1 Å². The SMILES string of the molecule is O=S(=O)(Nc1cccc(C2CCN(Cc3c[nH]c4ccccc34)C2)c1)C1CCC1. The molecule has 0 radical (unpaired) electrons. The van der Waals surface area contributed by atoms with Gasteiger partial charge >= 0.3 is 0 Å². The van der Waals surface area contributed by atoms with Crippen LogP contribution in [0.15, 0.2) is 54.7 Å². The maximum absolute atomic E-state index is 12.4. The van der Waals surface area contributed by atoms with E-state index in [0.717, 1.165) is 45.3 Å². The van der Waals surface area contributed by atoms with Gasteiger partial charge in [0.2, 0.25) is 10.0 Å². The molecule has 1 aromatic heterocycles. The Kier molecular flexibility index (Phi) is 4.84. The van der Waals surface area contributed by atoms with Gasteiger partial charge in [-0.2, -0.15) is 0 Å². The topological polar surface area (TPSA) is 65.2 Å². The van der Waals surface area contributed by atoms with Gasteiger partial charge in [-0.1, -0.05) is 36.8 Å². The monoisotopic (exact) mass is 409 g/mol. The quantitative estimate of drug-likeness (QED) is 0.632. The number of aromatic nitrogens is 1. The minimum absolute atomic E-state index is 0.218. The van der Waals surface area contributed by atoms with Crippen LogP contribution < -0.4 is 4.72 Å². The third-order valence-electron chi connectivity index (χ3n) is 6.45. The summed E-state index contributed by atoms with van der Waals surface area (Å²) in [5.74, 6) is 0.438. The number of aromatic amines is 1. The van der Waals surface area contributed by atoms with E-state index < -0.39 is 10.0 Å². The zero-order chi connectivity index (χ0) is 19.8. The van der Waals surface area contributed by atoms with Crippen LogP contribution in [-0.4, -0.2) is 36.6 Å². The Morgan fingerprint density at radius 1 is 1.07 bits per heavy atom. The summed E-state index contributed by atoms with van der Waals surface area (Å²) in [6.45, 7) is 3.00. The van der Waals surface area contributed by atoms with E-state index in [2.05, 4.69) is 51.1 Å². The van der Waals surface area contributed by atoms with Gasteiger partial charge in [0.05, 0.1) is 5.25 Å². The first-order chi connectivity index (χ1) is 14.1. The van der Waals surface area contributed by atoms with Crippen LogP contribution in [0.2, 0.25) is 0 Å². The van der Waals surface area contributed by atoms with E-state index in [1.54, 1.807) is 0 Å². The maximum Gasteiger partial charge on any atom is 0.235 e. The Balaban J connectivity index is 1.26. The fourth-order valence-corrected chi connectivity index (χ4v) is 6.11. The van der Waals surface area contributed by atoms with Crippen molar-refractivity contribution in [3.63, 3.8) is 0 Å². The normalized spacial score (nSPS) is 20.8. The molecule has 5 rings (SSSR count). The molecule has 0 bridgehead atoms. The Bertz CT molecular complexity index is 1120. The summed E-state index contributed by atoms with van der Waals surface area (Å²) in [5.41, 5.74) is 4.44. The van der Waals surface area contributed by atoms with Crippen LogP contribution in [-0.2, 0) is 16.6 Å². The van der Waals surface area contributed by atoms with E-state index >= 15 is 0 Å². The highest BCUT2D eigenvalue weighted by Gasteiger charge is 2.31. The van der Waals surface area contributed by atoms with Gasteiger partial charge in [0, 0.05) is 35.9 Å². The Morgan fingerprint density at radius 2 is 1.93 bits per heavy atom. The zero-order valence-corrected chi connectivity index (χ0v) is 17.3. The van der Waals surface area contributed by atoms with Crippen LogP contribution in [0.25, 0.3) is 10.9 Å². The van der Waals surface area contributed by atoms with Crippen LogP contribution in [0, 0.1) is 0 Å². The predicted octanol–water partition coefficient (Wildman–Crippen LogP) is 4.45. The van der Waals surface area contributed by atoms with Crippen LogP contribution in [0.5, 0.6) is 0 Å². The van der Waals surface area contributed by atoms with Crippen molar-refractivity contribution >= 4 is 26.6 Å². The summed E-state index contributed by atoms with van der Waals surface area (Å²) in [6.07, 6.45) is 5.79. The second kappa shape index (κ2) is 7.50. The van der Waals surface area contributed by atoms with Crippen LogP contribution in [0.1, 0.15) is 42.7 Å². The highest BCUT2D eigenvalue weighted by atomic mass is 32.2. The first-order valence-corrected chi connectivity index (χ1v) is 12.0. The van der Waals surface area contributed by atoms with Gasteiger partial charge in [-0.15, -0.1) is 0 Å². The average Bonchev–Trinajstić information content (AvgIpc) is 3.28. The minimum atomic E-state index is -3.25. The first kappa shape index (κ1) is 18.7. The van der Waals surface area contributed by atoms with Crippen molar-refractivity contribution in [2.45, 2.75) is 43.4 Å². The summed E-state index contributed by atoms with van der Waals surface area (Å²) in [7, 11) is -3.25. The van der Waals surface area contributed by atoms with E-state index in [1.165, 1.54) is 22.0 Å². The Morgan fingerprint density at radius 3 is 2.76 bits per heavy atom. The molecule has 2 aliphatic rings. The van der Waals surface area contributed by atoms with Crippen molar-refractivity contribution < 1.29 is 8.42 Å². The standard InChI is InChI=1S/C23H27N3O2S/c27-29(28,21-7-4-8-21)25-20-6-3-5-17(13-20)18-11-12-26(15-18)16-19-14-24-23-10-2-1-9-22(19)23/h1-3,5-6,9-10,13-14,18,21,24-25H,4,7-8,11-12,15-16H2. The van der Waals surface area contributed by atoms with Crippen molar-refractivity contribution in [3.8, 4) is 0 Å².